The minimum atomic E-state index is 0. The van der Waals surface area contributed by atoms with Crippen molar-refractivity contribution in [2.45, 2.75) is 45.6 Å². The van der Waals surface area contributed by atoms with Crippen molar-refractivity contribution in [3.63, 3.8) is 0 Å². The number of aromatic amines is 1. The van der Waals surface area contributed by atoms with E-state index in [1.165, 1.54) is 25.7 Å². The molecule has 0 radical (unpaired) electrons. The van der Waals surface area contributed by atoms with Gasteiger partial charge in [0.2, 0.25) is 5.91 Å². The molecular weight excluding hydrogens is 338 g/mol. The van der Waals surface area contributed by atoms with Crippen molar-refractivity contribution >= 4 is 24.0 Å². The van der Waals surface area contributed by atoms with Crippen LogP contribution in [-0.2, 0) is 11.3 Å². The number of benzene rings is 1. The topological polar surface area (TPSA) is 96.7 Å². The molecule has 2 aromatic rings. The summed E-state index contributed by atoms with van der Waals surface area (Å²) in [7, 11) is 0. The molecule has 1 saturated carbocycles. The zero-order valence-electron chi connectivity index (χ0n) is 14.5. The Hall–Kier alpha value is -1.92. The van der Waals surface area contributed by atoms with Crippen LogP contribution in [0.2, 0.25) is 0 Å². The molecule has 1 amide bonds. The summed E-state index contributed by atoms with van der Waals surface area (Å²) in [5, 5.41) is 9.93. The van der Waals surface area contributed by atoms with Crippen molar-refractivity contribution in [1.82, 2.24) is 15.2 Å². The maximum absolute atomic E-state index is 12.3. The quantitative estimate of drug-likeness (QED) is 0.731. The van der Waals surface area contributed by atoms with Crippen LogP contribution in [-0.4, -0.2) is 21.1 Å². The second-order valence-corrected chi connectivity index (χ2v) is 6.66. The Labute approximate surface area is 154 Å². The minimum absolute atomic E-state index is 0. The van der Waals surface area contributed by atoms with Crippen molar-refractivity contribution < 1.29 is 4.79 Å². The van der Waals surface area contributed by atoms with Gasteiger partial charge in [-0.3, -0.25) is 9.89 Å². The smallest absolute Gasteiger partial charge is 0.227 e. The molecule has 1 aliphatic rings. The number of anilines is 1. The van der Waals surface area contributed by atoms with Crippen molar-refractivity contribution in [3.8, 4) is 11.4 Å². The van der Waals surface area contributed by atoms with Gasteiger partial charge in [0.25, 0.3) is 0 Å². The van der Waals surface area contributed by atoms with Crippen molar-refractivity contribution in [3.05, 3.63) is 30.1 Å². The minimum Gasteiger partial charge on any atom is -0.326 e. The summed E-state index contributed by atoms with van der Waals surface area (Å²) in [6, 6.07) is 7.57. The van der Waals surface area contributed by atoms with Gasteiger partial charge in [0.15, 0.2) is 5.82 Å². The zero-order chi connectivity index (χ0) is 16.9. The van der Waals surface area contributed by atoms with E-state index in [1.54, 1.807) is 0 Å². The van der Waals surface area contributed by atoms with E-state index in [1.807, 2.05) is 31.2 Å². The largest absolute Gasteiger partial charge is 0.326 e. The van der Waals surface area contributed by atoms with Gasteiger partial charge in [0.1, 0.15) is 5.82 Å². The van der Waals surface area contributed by atoms with Crippen molar-refractivity contribution in [2.75, 3.05) is 5.32 Å². The Morgan fingerprint density at radius 3 is 2.60 bits per heavy atom. The lowest BCUT2D eigenvalue weighted by atomic mass is 9.94. The number of H-pyrrole nitrogens is 1. The average Bonchev–Trinajstić information content (AvgIpc) is 3.27. The van der Waals surface area contributed by atoms with Gasteiger partial charge < -0.3 is 11.1 Å². The summed E-state index contributed by atoms with van der Waals surface area (Å²) in [6.07, 6.45) is 6.16. The molecule has 1 aromatic carbocycles. The molecule has 1 atom stereocenters. The highest BCUT2D eigenvalue weighted by Gasteiger charge is 2.21. The van der Waals surface area contributed by atoms with Gasteiger partial charge in [0.05, 0.1) is 6.54 Å². The van der Waals surface area contributed by atoms with Crippen LogP contribution in [0, 0.1) is 11.8 Å². The van der Waals surface area contributed by atoms with Gasteiger partial charge in [-0.15, -0.1) is 12.4 Å². The molecule has 1 unspecified atom stereocenters. The molecule has 1 fully saturated rings. The molecule has 25 heavy (non-hydrogen) atoms. The van der Waals surface area contributed by atoms with E-state index in [0.29, 0.717) is 18.2 Å². The molecule has 0 bridgehead atoms. The number of hydrogen-bond acceptors (Lipinski definition) is 4. The van der Waals surface area contributed by atoms with Crippen LogP contribution in [0.3, 0.4) is 0 Å². The zero-order valence-corrected chi connectivity index (χ0v) is 15.3. The van der Waals surface area contributed by atoms with Gasteiger partial charge in [-0.1, -0.05) is 32.6 Å². The summed E-state index contributed by atoms with van der Waals surface area (Å²) >= 11 is 0. The number of carbonyl (C=O) groups is 1. The van der Waals surface area contributed by atoms with E-state index in [2.05, 4.69) is 20.5 Å². The Morgan fingerprint density at radius 2 is 2.00 bits per heavy atom. The molecule has 6 nitrogen and oxygen atoms in total. The number of amides is 1. The third-order valence-corrected chi connectivity index (χ3v) is 4.74. The fraction of sp³-hybridized carbons (Fsp3) is 0.500. The van der Waals surface area contributed by atoms with E-state index in [0.717, 1.165) is 23.6 Å². The normalized spacial score (nSPS) is 15.6. The van der Waals surface area contributed by atoms with Gasteiger partial charge >= 0.3 is 0 Å². The molecule has 3 rings (SSSR count). The van der Waals surface area contributed by atoms with Crippen LogP contribution in [0.15, 0.2) is 24.3 Å². The maximum Gasteiger partial charge on any atom is 0.227 e. The lowest BCUT2D eigenvalue weighted by Crippen LogP contribution is -2.22. The fourth-order valence-electron chi connectivity index (χ4n) is 3.34. The lowest BCUT2D eigenvalue weighted by molar-refractivity contribution is -0.119. The SMILES string of the molecule is CC(CC1CCCC1)C(=O)Nc1ccc(-c2n[nH]c(CN)n2)cc1.Cl. The van der Waals surface area contributed by atoms with Crippen LogP contribution in [0.5, 0.6) is 0 Å². The molecule has 136 valence electrons. The standard InChI is InChI=1S/C18H25N5O.ClH/c1-12(10-13-4-2-3-5-13)18(24)20-15-8-6-14(7-9-15)17-21-16(11-19)22-23-17;/h6-9,12-13H,2-5,10-11,19H2,1H3,(H,20,24)(H,21,22,23);1H. The van der Waals surface area contributed by atoms with Gasteiger partial charge in [-0.05, 0) is 36.6 Å². The summed E-state index contributed by atoms with van der Waals surface area (Å²) in [5.74, 6) is 2.13. The maximum atomic E-state index is 12.3. The molecule has 0 aliphatic heterocycles. The number of nitrogens with one attached hydrogen (secondary N) is 2. The Morgan fingerprint density at radius 1 is 1.32 bits per heavy atom. The van der Waals surface area contributed by atoms with Crippen LogP contribution >= 0.6 is 12.4 Å². The Balaban J connectivity index is 0.00000225. The lowest BCUT2D eigenvalue weighted by Gasteiger charge is -2.16. The third-order valence-electron chi connectivity index (χ3n) is 4.74. The molecule has 1 aromatic heterocycles. The highest BCUT2D eigenvalue weighted by Crippen LogP contribution is 2.30. The van der Waals surface area contributed by atoms with Crippen LogP contribution in [0.1, 0.15) is 44.9 Å². The van der Waals surface area contributed by atoms with Gasteiger partial charge in [-0.2, -0.15) is 5.10 Å². The van der Waals surface area contributed by atoms with E-state index >= 15 is 0 Å². The van der Waals surface area contributed by atoms with E-state index in [9.17, 15) is 4.79 Å². The number of hydrogen-bond donors (Lipinski definition) is 3. The summed E-state index contributed by atoms with van der Waals surface area (Å²) < 4.78 is 0. The van der Waals surface area contributed by atoms with Gasteiger partial charge in [0, 0.05) is 17.2 Å². The van der Waals surface area contributed by atoms with Crippen LogP contribution in [0.4, 0.5) is 5.69 Å². The number of halogens is 1. The van der Waals surface area contributed by atoms with E-state index in [4.69, 9.17) is 5.73 Å². The second kappa shape index (κ2) is 8.97. The van der Waals surface area contributed by atoms with Crippen LogP contribution < -0.4 is 11.1 Å². The molecule has 1 heterocycles. The first-order chi connectivity index (χ1) is 11.7. The monoisotopic (exact) mass is 363 g/mol. The number of aromatic nitrogens is 3. The fourth-order valence-corrected chi connectivity index (χ4v) is 3.34. The molecule has 0 spiro atoms. The number of nitrogens with two attached hydrogens (primary N) is 1. The first-order valence-corrected chi connectivity index (χ1v) is 8.68. The third kappa shape index (κ3) is 5.03. The number of nitrogens with zero attached hydrogens (tertiary/aromatic N) is 2. The number of rotatable bonds is 6. The van der Waals surface area contributed by atoms with Crippen molar-refractivity contribution in [1.29, 1.82) is 0 Å². The predicted molar refractivity (Wildman–Crippen MR) is 101 cm³/mol. The first kappa shape index (κ1) is 19.4. The Kier molecular flexibility index (Phi) is 6.96. The average molecular weight is 364 g/mol. The molecule has 4 N–H and O–H groups in total. The van der Waals surface area contributed by atoms with Crippen LogP contribution in [0.25, 0.3) is 11.4 Å². The number of carbonyl (C=O) groups excluding carboxylic acids is 1. The molecular formula is C18H26ClN5O. The predicted octanol–water partition coefficient (Wildman–Crippen LogP) is 3.51. The van der Waals surface area contributed by atoms with E-state index in [-0.39, 0.29) is 24.2 Å². The molecule has 7 heteroatoms. The van der Waals surface area contributed by atoms with Crippen molar-refractivity contribution in [2.24, 2.45) is 17.6 Å². The Bertz CT molecular complexity index is 679. The molecule has 1 aliphatic carbocycles. The molecule has 0 saturated heterocycles. The summed E-state index contributed by atoms with van der Waals surface area (Å²) in [5.41, 5.74) is 7.22. The summed E-state index contributed by atoms with van der Waals surface area (Å²) in [6.45, 7) is 2.35. The summed E-state index contributed by atoms with van der Waals surface area (Å²) in [4.78, 5) is 16.6. The van der Waals surface area contributed by atoms with Gasteiger partial charge in [-0.25, -0.2) is 4.98 Å². The van der Waals surface area contributed by atoms with E-state index < -0.39 is 0 Å². The highest BCUT2D eigenvalue weighted by molar-refractivity contribution is 5.92. The first-order valence-electron chi connectivity index (χ1n) is 8.68. The highest BCUT2D eigenvalue weighted by atomic mass is 35.5. The second-order valence-electron chi connectivity index (χ2n) is 6.66.